The first-order valence-electron chi connectivity index (χ1n) is 11.2. The maximum absolute atomic E-state index is 5.91. The van der Waals surface area contributed by atoms with Crippen molar-refractivity contribution >= 4 is 16.9 Å². The van der Waals surface area contributed by atoms with E-state index in [1.54, 1.807) is 0 Å². The molecule has 0 aliphatic carbocycles. The maximum atomic E-state index is 5.91. The van der Waals surface area contributed by atoms with Crippen LogP contribution in [0.15, 0.2) is 84.0 Å². The van der Waals surface area contributed by atoms with Crippen molar-refractivity contribution in [1.82, 2.24) is 30.3 Å². The van der Waals surface area contributed by atoms with Crippen molar-refractivity contribution in [1.29, 1.82) is 0 Å². The number of amidine groups is 1. The second-order valence-corrected chi connectivity index (χ2v) is 8.18. The number of aliphatic imine (C=N–C) groups is 1. The summed E-state index contributed by atoms with van der Waals surface area (Å²) in [6, 6.07) is 24.2. The van der Waals surface area contributed by atoms with Gasteiger partial charge in [-0.2, -0.15) is 0 Å². The Labute approximate surface area is 196 Å². The summed E-state index contributed by atoms with van der Waals surface area (Å²) in [6.07, 6.45) is 1.91. The average Bonchev–Trinajstić information content (AvgIpc) is 3.64. The molecule has 8 nitrogen and oxygen atoms in total. The van der Waals surface area contributed by atoms with E-state index in [-0.39, 0.29) is 0 Å². The number of hydrogen-bond acceptors (Lipinski definition) is 6. The standard InChI is InChI=1S/C26H23N7O/c1-2-4-18(5-3-1)15-33-16-21(31-32-33)17-34-22-9-6-19(7-10-22)26-29-23-11-8-20(14-24(23)30-26)25-27-12-13-28-25/h1-11,14,16H,12-13,15,17H2,(H,27,28)(H,29,30). The summed E-state index contributed by atoms with van der Waals surface area (Å²) in [5, 5.41) is 11.7. The largest absolute Gasteiger partial charge is 0.487 e. The third kappa shape index (κ3) is 4.25. The van der Waals surface area contributed by atoms with Gasteiger partial charge in [0.1, 0.15) is 29.7 Å². The first kappa shape index (κ1) is 20.2. The molecule has 34 heavy (non-hydrogen) atoms. The topological polar surface area (TPSA) is 93.0 Å². The fourth-order valence-corrected chi connectivity index (χ4v) is 4.00. The highest BCUT2D eigenvalue weighted by Gasteiger charge is 2.11. The molecule has 3 heterocycles. The van der Waals surface area contributed by atoms with Crippen molar-refractivity contribution in [2.75, 3.05) is 13.1 Å². The van der Waals surface area contributed by atoms with Crippen LogP contribution in [0.3, 0.4) is 0 Å². The van der Waals surface area contributed by atoms with E-state index >= 15 is 0 Å². The van der Waals surface area contributed by atoms with Crippen LogP contribution in [0.2, 0.25) is 0 Å². The quantitative estimate of drug-likeness (QED) is 0.394. The summed E-state index contributed by atoms with van der Waals surface area (Å²) >= 11 is 0. The van der Waals surface area contributed by atoms with Gasteiger partial charge in [0.05, 0.1) is 30.3 Å². The number of nitrogens with one attached hydrogen (secondary N) is 2. The van der Waals surface area contributed by atoms with Crippen LogP contribution in [0.25, 0.3) is 22.4 Å². The molecule has 0 amide bonds. The predicted octanol–water partition coefficient (Wildman–Crippen LogP) is 3.80. The monoisotopic (exact) mass is 449 g/mol. The van der Waals surface area contributed by atoms with Gasteiger partial charge in [-0.25, -0.2) is 9.67 Å². The number of H-pyrrole nitrogens is 1. The minimum Gasteiger partial charge on any atom is -0.487 e. The number of ether oxygens (including phenoxy) is 1. The van der Waals surface area contributed by atoms with Crippen molar-refractivity contribution in [3.8, 4) is 17.1 Å². The molecule has 5 aromatic rings. The molecule has 6 rings (SSSR count). The summed E-state index contributed by atoms with van der Waals surface area (Å²) in [5.74, 6) is 2.54. The third-order valence-electron chi connectivity index (χ3n) is 5.72. The number of aromatic amines is 1. The van der Waals surface area contributed by atoms with Crippen molar-refractivity contribution in [3.63, 3.8) is 0 Å². The van der Waals surface area contributed by atoms with Crippen LogP contribution in [-0.4, -0.2) is 43.9 Å². The van der Waals surface area contributed by atoms with E-state index in [1.807, 2.05) is 59.4 Å². The van der Waals surface area contributed by atoms with Gasteiger partial charge >= 0.3 is 0 Å². The molecule has 0 radical (unpaired) electrons. The van der Waals surface area contributed by atoms with Gasteiger partial charge < -0.3 is 15.0 Å². The van der Waals surface area contributed by atoms with Gasteiger partial charge in [-0.1, -0.05) is 35.5 Å². The molecule has 8 heteroatoms. The molecular formula is C26H23N7O. The highest BCUT2D eigenvalue weighted by Crippen LogP contribution is 2.24. The van der Waals surface area contributed by atoms with E-state index in [0.29, 0.717) is 13.2 Å². The number of aromatic nitrogens is 5. The smallest absolute Gasteiger partial charge is 0.138 e. The van der Waals surface area contributed by atoms with Crippen molar-refractivity contribution in [3.05, 3.63) is 95.8 Å². The fraction of sp³-hybridized carbons (Fsp3) is 0.154. The number of benzene rings is 3. The Morgan fingerprint density at radius 2 is 1.79 bits per heavy atom. The molecular weight excluding hydrogens is 426 g/mol. The first-order valence-corrected chi connectivity index (χ1v) is 11.2. The van der Waals surface area contributed by atoms with E-state index in [1.165, 1.54) is 5.56 Å². The zero-order chi connectivity index (χ0) is 22.7. The summed E-state index contributed by atoms with van der Waals surface area (Å²) in [4.78, 5) is 12.6. The molecule has 0 saturated carbocycles. The van der Waals surface area contributed by atoms with Crippen LogP contribution in [0.5, 0.6) is 5.75 Å². The van der Waals surface area contributed by atoms with Gasteiger partial charge in [0.15, 0.2) is 0 Å². The average molecular weight is 450 g/mol. The lowest BCUT2D eigenvalue weighted by Gasteiger charge is -2.04. The number of fused-ring (bicyclic) bond motifs is 1. The van der Waals surface area contributed by atoms with Crippen molar-refractivity contribution in [2.45, 2.75) is 13.2 Å². The van der Waals surface area contributed by atoms with Gasteiger partial charge in [0.2, 0.25) is 0 Å². The Balaban J connectivity index is 1.11. The lowest BCUT2D eigenvalue weighted by molar-refractivity contribution is 0.301. The van der Waals surface area contributed by atoms with Gasteiger partial charge in [-0.05, 0) is 48.0 Å². The molecule has 0 spiro atoms. The molecule has 1 aliphatic rings. The maximum Gasteiger partial charge on any atom is 0.138 e. The number of nitrogens with zero attached hydrogens (tertiary/aromatic N) is 5. The SMILES string of the molecule is c1ccc(Cn2cc(COc3ccc(-c4nc5ccc(C6=NCCN6)cc5[nH]4)cc3)nn2)cc1. The summed E-state index contributed by atoms with van der Waals surface area (Å²) in [6.45, 7) is 2.76. The Morgan fingerprint density at radius 3 is 2.62 bits per heavy atom. The Hall–Kier alpha value is -4.46. The lowest BCUT2D eigenvalue weighted by Crippen LogP contribution is -2.19. The zero-order valence-electron chi connectivity index (χ0n) is 18.5. The van der Waals surface area contributed by atoms with Crippen LogP contribution in [0.4, 0.5) is 0 Å². The Kier molecular flexibility index (Phi) is 5.23. The molecule has 0 fully saturated rings. The predicted molar refractivity (Wildman–Crippen MR) is 131 cm³/mol. The Bertz CT molecular complexity index is 1450. The molecule has 2 aromatic heterocycles. The van der Waals surface area contributed by atoms with Gasteiger partial charge in [0.25, 0.3) is 0 Å². The van der Waals surface area contributed by atoms with Crippen LogP contribution >= 0.6 is 0 Å². The van der Waals surface area contributed by atoms with E-state index in [0.717, 1.165) is 58.4 Å². The number of rotatable bonds is 7. The normalized spacial score (nSPS) is 13.1. The molecule has 168 valence electrons. The zero-order valence-corrected chi connectivity index (χ0v) is 18.5. The minimum atomic E-state index is 0.361. The number of hydrogen-bond donors (Lipinski definition) is 2. The van der Waals surface area contributed by atoms with Crippen LogP contribution in [0.1, 0.15) is 16.8 Å². The van der Waals surface area contributed by atoms with Gasteiger partial charge in [0, 0.05) is 17.7 Å². The second kappa shape index (κ2) is 8.82. The van der Waals surface area contributed by atoms with Crippen LogP contribution in [0, 0.1) is 0 Å². The molecule has 1 aliphatic heterocycles. The molecule has 0 saturated heterocycles. The van der Waals surface area contributed by atoms with Crippen LogP contribution < -0.4 is 10.1 Å². The molecule has 2 N–H and O–H groups in total. The summed E-state index contributed by atoms with van der Waals surface area (Å²) in [5.41, 5.74) is 5.95. The van der Waals surface area contributed by atoms with Crippen LogP contribution in [-0.2, 0) is 13.2 Å². The van der Waals surface area contributed by atoms with Crippen molar-refractivity contribution in [2.24, 2.45) is 4.99 Å². The van der Waals surface area contributed by atoms with E-state index in [4.69, 9.17) is 9.72 Å². The third-order valence-corrected chi connectivity index (χ3v) is 5.72. The summed E-state index contributed by atoms with van der Waals surface area (Å²) in [7, 11) is 0. The highest BCUT2D eigenvalue weighted by atomic mass is 16.5. The van der Waals surface area contributed by atoms with Gasteiger partial charge in [-0.3, -0.25) is 4.99 Å². The summed E-state index contributed by atoms with van der Waals surface area (Å²) < 4.78 is 7.73. The first-order chi connectivity index (χ1) is 16.8. The van der Waals surface area contributed by atoms with Crippen molar-refractivity contribution < 1.29 is 4.74 Å². The van der Waals surface area contributed by atoms with Gasteiger partial charge in [-0.15, -0.1) is 5.10 Å². The van der Waals surface area contributed by atoms with E-state index in [2.05, 4.69) is 49.9 Å². The fourth-order valence-electron chi connectivity index (χ4n) is 4.00. The minimum absolute atomic E-state index is 0.361. The molecule has 0 unspecified atom stereocenters. The van der Waals surface area contributed by atoms with E-state index < -0.39 is 0 Å². The Morgan fingerprint density at radius 1 is 0.941 bits per heavy atom. The lowest BCUT2D eigenvalue weighted by atomic mass is 10.2. The molecule has 0 bridgehead atoms. The highest BCUT2D eigenvalue weighted by molar-refractivity contribution is 6.02. The number of imidazole rings is 1. The molecule has 3 aromatic carbocycles. The molecule has 0 atom stereocenters. The second-order valence-electron chi connectivity index (χ2n) is 8.18. The van der Waals surface area contributed by atoms with E-state index in [9.17, 15) is 0 Å².